The zero-order valence-corrected chi connectivity index (χ0v) is 16.9. The van der Waals surface area contributed by atoms with Crippen molar-refractivity contribution in [3.05, 3.63) is 66.6 Å². The van der Waals surface area contributed by atoms with Crippen LogP contribution < -0.4 is 5.32 Å². The van der Waals surface area contributed by atoms with Crippen molar-refractivity contribution in [3.63, 3.8) is 0 Å². The Bertz CT molecular complexity index is 1090. The molecule has 3 saturated heterocycles. The van der Waals surface area contributed by atoms with E-state index in [2.05, 4.69) is 5.32 Å². The van der Waals surface area contributed by atoms with E-state index in [-0.39, 0.29) is 29.9 Å². The molecule has 1 N–H and O–H groups in total. The van der Waals surface area contributed by atoms with Gasteiger partial charge in [-0.2, -0.15) is 0 Å². The smallest absolute Gasteiger partial charge is 0.231 e. The number of nitrogens with one attached hydrogen (secondary N) is 1. The van der Waals surface area contributed by atoms with Gasteiger partial charge in [0.15, 0.2) is 0 Å². The molecule has 0 saturated carbocycles. The van der Waals surface area contributed by atoms with Gasteiger partial charge in [0.1, 0.15) is 17.1 Å². The number of benzene rings is 1. The molecule has 1 aromatic heterocycles. The predicted molar refractivity (Wildman–Crippen MR) is 110 cm³/mol. The van der Waals surface area contributed by atoms with Crippen LogP contribution in [0.15, 0.2) is 65.3 Å². The fourth-order valence-electron chi connectivity index (χ4n) is 6.01. The van der Waals surface area contributed by atoms with Gasteiger partial charge in [-0.1, -0.05) is 37.3 Å². The van der Waals surface area contributed by atoms with Crippen LogP contribution in [0.4, 0.5) is 5.69 Å². The van der Waals surface area contributed by atoms with Gasteiger partial charge in [0.2, 0.25) is 11.8 Å². The summed E-state index contributed by atoms with van der Waals surface area (Å²) < 4.78 is 11.9. The van der Waals surface area contributed by atoms with E-state index in [1.54, 1.807) is 23.3 Å². The van der Waals surface area contributed by atoms with Gasteiger partial charge in [0.05, 0.1) is 36.3 Å². The zero-order chi connectivity index (χ0) is 21.3. The van der Waals surface area contributed by atoms with Gasteiger partial charge in [0.25, 0.3) is 0 Å². The van der Waals surface area contributed by atoms with E-state index < -0.39 is 35.6 Å². The monoisotopic (exact) mass is 418 g/mol. The topological polar surface area (TPSA) is 88.9 Å². The van der Waals surface area contributed by atoms with E-state index in [9.17, 15) is 14.4 Å². The van der Waals surface area contributed by atoms with Crippen molar-refractivity contribution in [1.82, 2.24) is 4.90 Å². The lowest BCUT2D eigenvalue weighted by Gasteiger charge is -2.43. The number of fused-ring (bicyclic) bond motifs is 2. The molecule has 0 unspecified atom stereocenters. The summed E-state index contributed by atoms with van der Waals surface area (Å²) in [4.78, 5) is 41.8. The average Bonchev–Trinajstić information content (AvgIpc) is 3.54. The normalized spacial score (nSPS) is 37.8. The summed E-state index contributed by atoms with van der Waals surface area (Å²) in [6.45, 7) is 1.85. The first kappa shape index (κ1) is 18.6. The highest BCUT2D eigenvalue weighted by Crippen LogP contribution is 2.59. The average molecular weight is 418 g/mol. The molecule has 5 heterocycles. The number of carbonyl (C=O) groups excluding carboxylic acids is 3. The lowest BCUT2D eigenvalue weighted by Crippen LogP contribution is -2.55. The summed E-state index contributed by atoms with van der Waals surface area (Å²) in [5.41, 5.74) is -0.297. The first-order valence-electron chi connectivity index (χ1n) is 10.6. The summed E-state index contributed by atoms with van der Waals surface area (Å²) >= 11 is 0. The Morgan fingerprint density at radius 1 is 1.16 bits per heavy atom. The van der Waals surface area contributed by atoms with E-state index in [0.717, 1.165) is 0 Å². The van der Waals surface area contributed by atoms with E-state index in [0.29, 0.717) is 11.4 Å². The second-order valence-electron chi connectivity index (χ2n) is 8.83. The van der Waals surface area contributed by atoms with Crippen LogP contribution in [0.1, 0.15) is 25.1 Å². The van der Waals surface area contributed by atoms with Crippen LogP contribution in [0.3, 0.4) is 0 Å². The number of ether oxygens (including phenoxy) is 1. The van der Waals surface area contributed by atoms with E-state index in [1.165, 1.54) is 0 Å². The van der Waals surface area contributed by atoms with Gasteiger partial charge < -0.3 is 19.4 Å². The molecule has 7 heteroatoms. The number of hydrogen-bond acceptors (Lipinski definition) is 5. The Kier molecular flexibility index (Phi) is 3.84. The number of anilines is 1. The van der Waals surface area contributed by atoms with Crippen molar-refractivity contribution in [1.29, 1.82) is 0 Å². The van der Waals surface area contributed by atoms with Gasteiger partial charge in [0, 0.05) is 18.0 Å². The maximum Gasteiger partial charge on any atom is 0.231 e. The second-order valence-corrected chi connectivity index (χ2v) is 8.83. The van der Waals surface area contributed by atoms with Gasteiger partial charge >= 0.3 is 0 Å². The van der Waals surface area contributed by atoms with Crippen LogP contribution >= 0.6 is 0 Å². The van der Waals surface area contributed by atoms with Crippen LogP contribution in [0.5, 0.6) is 0 Å². The number of furan rings is 1. The lowest BCUT2D eigenvalue weighted by atomic mass is 9.70. The number of hydrogen-bond donors (Lipinski definition) is 1. The van der Waals surface area contributed by atoms with Gasteiger partial charge in [-0.15, -0.1) is 0 Å². The molecule has 7 atom stereocenters. The molecule has 31 heavy (non-hydrogen) atoms. The molecule has 2 aromatic rings. The maximum atomic E-state index is 13.8. The third-order valence-corrected chi connectivity index (χ3v) is 7.30. The number of amides is 2. The zero-order valence-electron chi connectivity index (χ0n) is 16.9. The molecule has 0 aliphatic carbocycles. The Labute approximate surface area is 179 Å². The fraction of sp³-hybridized carbons (Fsp3) is 0.375. The summed E-state index contributed by atoms with van der Waals surface area (Å²) in [5, 5.41) is 2.93. The Morgan fingerprint density at radius 2 is 1.97 bits per heavy atom. The predicted octanol–water partition coefficient (Wildman–Crippen LogP) is 2.72. The van der Waals surface area contributed by atoms with Crippen molar-refractivity contribution < 1.29 is 23.5 Å². The first-order chi connectivity index (χ1) is 15.0. The third kappa shape index (κ3) is 2.41. The molecule has 1 aromatic carbocycles. The van der Waals surface area contributed by atoms with E-state index in [4.69, 9.17) is 9.15 Å². The molecular weight excluding hydrogens is 396 g/mol. The fourth-order valence-corrected chi connectivity index (χ4v) is 6.01. The highest BCUT2D eigenvalue weighted by atomic mass is 16.5. The summed E-state index contributed by atoms with van der Waals surface area (Å²) in [6, 6.07) is 11.8. The molecule has 3 fully saturated rings. The highest BCUT2D eigenvalue weighted by Gasteiger charge is 2.74. The molecule has 2 amide bonds. The molecule has 4 aliphatic rings. The molecular formula is C24H22N2O5. The number of nitrogens with zero attached hydrogens (tertiary/aromatic N) is 1. The molecule has 7 nitrogen and oxygen atoms in total. The first-order valence-corrected chi connectivity index (χ1v) is 10.6. The number of ketones is 1. The molecule has 158 valence electrons. The van der Waals surface area contributed by atoms with Crippen LogP contribution in [-0.4, -0.2) is 40.2 Å². The van der Waals surface area contributed by atoms with Gasteiger partial charge in [-0.3, -0.25) is 14.4 Å². The van der Waals surface area contributed by atoms with Crippen LogP contribution in [0.2, 0.25) is 0 Å². The second kappa shape index (κ2) is 6.40. The Balaban J connectivity index is 1.40. The number of para-hydroxylation sites is 1. The minimum Gasteiger partial charge on any atom is -0.467 e. The van der Waals surface area contributed by atoms with Crippen molar-refractivity contribution in [2.24, 2.45) is 17.8 Å². The number of piperidine rings is 1. The highest BCUT2D eigenvalue weighted by molar-refractivity contribution is 6.00. The third-order valence-electron chi connectivity index (χ3n) is 7.30. The molecule has 0 radical (unpaired) electrons. The summed E-state index contributed by atoms with van der Waals surface area (Å²) in [7, 11) is 0. The molecule has 1 spiro atoms. The number of carbonyl (C=O) groups is 3. The van der Waals surface area contributed by atoms with Crippen LogP contribution in [0.25, 0.3) is 0 Å². The summed E-state index contributed by atoms with van der Waals surface area (Å²) in [5.74, 6) is -1.44. The van der Waals surface area contributed by atoms with Crippen molar-refractivity contribution >= 4 is 23.3 Å². The van der Waals surface area contributed by atoms with Gasteiger partial charge in [-0.25, -0.2) is 0 Å². The maximum absolute atomic E-state index is 13.8. The van der Waals surface area contributed by atoms with Gasteiger partial charge in [-0.05, 0) is 24.3 Å². The largest absolute Gasteiger partial charge is 0.467 e. The molecule has 2 bridgehead atoms. The lowest BCUT2D eigenvalue weighted by molar-refractivity contribution is -0.147. The van der Waals surface area contributed by atoms with Crippen molar-refractivity contribution in [2.75, 3.05) is 5.32 Å². The Hall–Kier alpha value is -3.19. The van der Waals surface area contributed by atoms with Crippen LogP contribution in [-0.2, 0) is 19.1 Å². The quantitative estimate of drug-likeness (QED) is 0.775. The minimum absolute atomic E-state index is 0.0723. The Morgan fingerprint density at radius 3 is 2.71 bits per heavy atom. The SMILES string of the molecule is C[C@@H]1C(=O)C[C@H](c2ccco2)N2C(=O)[C@@H]3[C@@H](C(=O)Nc4ccccc4)[C@H]4C=C[C@@]3(O4)[C@@H]12. The minimum atomic E-state index is -0.971. The van der Waals surface area contributed by atoms with E-state index >= 15 is 0 Å². The van der Waals surface area contributed by atoms with Crippen molar-refractivity contribution in [2.45, 2.75) is 37.1 Å². The summed E-state index contributed by atoms with van der Waals surface area (Å²) in [6.07, 6.45) is 5.05. The van der Waals surface area contributed by atoms with E-state index in [1.807, 2.05) is 49.4 Å². The van der Waals surface area contributed by atoms with Crippen LogP contribution in [0, 0.1) is 17.8 Å². The molecule has 6 rings (SSSR count). The molecule has 4 aliphatic heterocycles. The number of rotatable bonds is 3. The standard InChI is InChI=1S/C24H22N2O5/c1-13-16(27)12-15(17-8-5-11-30-17)26-21(13)24-10-9-18(31-24)19(20(24)23(26)29)22(28)25-14-6-3-2-4-7-14/h2-11,13,15,18-21H,12H2,1H3,(H,25,28)/t13-,15-,18-,19+,20+,21-,24+/m1/s1. The number of Topliss-reactive ketones (excluding diaryl/α,β-unsaturated/α-hetero) is 1. The van der Waals surface area contributed by atoms with Crippen molar-refractivity contribution in [3.8, 4) is 0 Å².